The van der Waals surface area contributed by atoms with Crippen LogP contribution in [0, 0.1) is 0 Å². The predicted molar refractivity (Wildman–Crippen MR) is 77.4 cm³/mol. The Balaban J connectivity index is 1.84. The molecule has 1 N–H and O–H groups in total. The van der Waals surface area contributed by atoms with Gasteiger partial charge in [0.2, 0.25) is 5.95 Å². The second-order valence-corrected chi connectivity index (χ2v) is 4.34. The van der Waals surface area contributed by atoms with E-state index in [-0.39, 0.29) is 0 Å². The van der Waals surface area contributed by atoms with Crippen LogP contribution in [0.2, 0.25) is 0 Å². The minimum Gasteiger partial charge on any atom is -0.382 e. The molecule has 102 valence electrons. The van der Waals surface area contributed by atoms with Crippen LogP contribution in [0.25, 0.3) is 0 Å². The largest absolute Gasteiger partial charge is 0.382 e. The zero-order valence-corrected chi connectivity index (χ0v) is 11.4. The molecule has 2 aromatic rings. The number of rotatable bonds is 8. The molecular weight excluding hydrogens is 238 g/mol. The van der Waals surface area contributed by atoms with Gasteiger partial charge < -0.3 is 14.6 Å². The minimum atomic E-state index is 0.780. The topological polar surface area (TPSA) is 39.1 Å². The average Bonchev–Trinajstić information content (AvgIpc) is 2.87. The molecule has 2 rings (SSSR count). The number of aromatic nitrogens is 2. The number of anilines is 1. The maximum Gasteiger partial charge on any atom is 0.203 e. The Hall–Kier alpha value is -1.81. The molecule has 0 bridgehead atoms. The molecule has 0 fully saturated rings. The lowest BCUT2D eigenvalue weighted by Crippen LogP contribution is -2.11. The highest BCUT2D eigenvalue weighted by Crippen LogP contribution is 2.09. The number of imidazole rings is 1. The molecule has 0 saturated carbocycles. The highest BCUT2D eigenvalue weighted by atomic mass is 16.5. The lowest BCUT2D eigenvalue weighted by molar-refractivity contribution is 0.147. The van der Waals surface area contributed by atoms with Crippen molar-refractivity contribution >= 4 is 5.95 Å². The van der Waals surface area contributed by atoms with E-state index in [0.29, 0.717) is 0 Å². The van der Waals surface area contributed by atoms with Crippen LogP contribution in [-0.2, 0) is 11.3 Å². The third-order valence-electron chi connectivity index (χ3n) is 2.86. The van der Waals surface area contributed by atoms with Gasteiger partial charge in [0.15, 0.2) is 0 Å². The molecule has 0 saturated heterocycles. The standard InChI is InChI=1S/C15H21N3O/c1-2-19-12-6-9-16-15-17-10-11-18(15)13-14-7-4-3-5-8-14/h3-5,7-8,10-11H,2,6,9,12-13H2,1H3,(H,16,17). The van der Waals surface area contributed by atoms with Gasteiger partial charge in [0.1, 0.15) is 0 Å². The van der Waals surface area contributed by atoms with Gasteiger partial charge in [0.25, 0.3) is 0 Å². The molecule has 4 heteroatoms. The average molecular weight is 259 g/mol. The first kappa shape index (κ1) is 13.6. The molecule has 0 amide bonds. The first-order valence-electron chi connectivity index (χ1n) is 6.77. The first-order chi connectivity index (χ1) is 9.40. The van der Waals surface area contributed by atoms with Gasteiger partial charge in [0, 0.05) is 32.2 Å². The maximum absolute atomic E-state index is 5.31. The van der Waals surface area contributed by atoms with Crippen molar-refractivity contribution in [2.45, 2.75) is 19.9 Å². The maximum atomic E-state index is 5.31. The van der Waals surface area contributed by atoms with E-state index in [4.69, 9.17) is 4.74 Å². The summed E-state index contributed by atoms with van der Waals surface area (Å²) in [5.74, 6) is 0.917. The first-order valence-corrected chi connectivity index (χ1v) is 6.77. The third-order valence-corrected chi connectivity index (χ3v) is 2.86. The van der Waals surface area contributed by atoms with Gasteiger partial charge in [0.05, 0.1) is 6.54 Å². The Labute approximate surface area is 114 Å². The summed E-state index contributed by atoms with van der Waals surface area (Å²) in [6.45, 7) is 5.31. The Morgan fingerprint density at radius 2 is 2.11 bits per heavy atom. The van der Waals surface area contributed by atoms with Crippen molar-refractivity contribution in [3.63, 3.8) is 0 Å². The van der Waals surface area contributed by atoms with Crippen molar-refractivity contribution in [1.29, 1.82) is 0 Å². The summed E-state index contributed by atoms with van der Waals surface area (Å²) in [7, 11) is 0. The van der Waals surface area contributed by atoms with Crippen molar-refractivity contribution in [2.75, 3.05) is 25.1 Å². The molecule has 19 heavy (non-hydrogen) atoms. The number of nitrogens with zero attached hydrogens (tertiary/aromatic N) is 2. The molecule has 0 aliphatic heterocycles. The van der Waals surface area contributed by atoms with E-state index in [2.05, 4.69) is 39.1 Å². The van der Waals surface area contributed by atoms with Gasteiger partial charge in [-0.15, -0.1) is 0 Å². The smallest absolute Gasteiger partial charge is 0.203 e. The molecule has 0 aliphatic carbocycles. The minimum absolute atomic E-state index is 0.780. The second kappa shape index (κ2) is 7.59. The van der Waals surface area contributed by atoms with Crippen molar-refractivity contribution < 1.29 is 4.74 Å². The van der Waals surface area contributed by atoms with E-state index in [0.717, 1.165) is 38.7 Å². The van der Waals surface area contributed by atoms with Crippen LogP contribution in [0.1, 0.15) is 18.9 Å². The molecule has 1 aromatic heterocycles. The van der Waals surface area contributed by atoms with E-state index < -0.39 is 0 Å². The van der Waals surface area contributed by atoms with Crippen LogP contribution in [-0.4, -0.2) is 29.3 Å². The van der Waals surface area contributed by atoms with Crippen LogP contribution in [0.4, 0.5) is 5.95 Å². The number of nitrogens with one attached hydrogen (secondary N) is 1. The summed E-state index contributed by atoms with van der Waals surface area (Å²) >= 11 is 0. The van der Waals surface area contributed by atoms with Gasteiger partial charge in [-0.25, -0.2) is 4.98 Å². The summed E-state index contributed by atoms with van der Waals surface area (Å²) in [5.41, 5.74) is 1.28. The molecule has 0 atom stereocenters. The Morgan fingerprint density at radius 1 is 1.26 bits per heavy atom. The van der Waals surface area contributed by atoms with E-state index in [1.807, 2.05) is 25.4 Å². The van der Waals surface area contributed by atoms with Gasteiger partial charge in [-0.3, -0.25) is 0 Å². The van der Waals surface area contributed by atoms with Crippen molar-refractivity contribution in [3.8, 4) is 0 Å². The van der Waals surface area contributed by atoms with Crippen LogP contribution >= 0.6 is 0 Å². The quantitative estimate of drug-likeness (QED) is 0.741. The predicted octanol–water partition coefficient (Wildman–Crippen LogP) is 2.77. The molecule has 1 aromatic carbocycles. The van der Waals surface area contributed by atoms with Crippen molar-refractivity contribution in [3.05, 3.63) is 48.3 Å². The molecule has 0 unspecified atom stereocenters. The van der Waals surface area contributed by atoms with E-state index in [1.54, 1.807) is 0 Å². The zero-order chi connectivity index (χ0) is 13.3. The monoisotopic (exact) mass is 259 g/mol. The number of benzene rings is 1. The fourth-order valence-electron chi connectivity index (χ4n) is 1.90. The van der Waals surface area contributed by atoms with E-state index >= 15 is 0 Å². The second-order valence-electron chi connectivity index (χ2n) is 4.34. The number of ether oxygens (including phenoxy) is 1. The highest BCUT2D eigenvalue weighted by Gasteiger charge is 2.02. The molecule has 1 heterocycles. The molecule has 0 aliphatic rings. The van der Waals surface area contributed by atoms with Crippen LogP contribution in [0.3, 0.4) is 0 Å². The molecule has 0 radical (unpaired) electrons. The van der Waals surface area contributed by atoms with Crippen LogP contribution < -0.4 is 5.32 Å². The summed E-state index contributed by atoms with van der Waals surface area (Å²) in [6.07, 6.45) is 4.82. The summed E-state index contributed by atoms with van der Waals surface area (Å²) in [6, 6.07) is 10.4. The summed E-state index contributed by atoms with van der Waals surface area (Å²) in [4.78, 5) is 4.34. The van der Waals surface area contributed by atoms with E-state index in [1.165, 1.54) is 5.56 Å². The summed E-state index contributed by atoms with van der Waals surface area (Å²) < 4.78 is 7.43. The van der Waals surface area contributed by atoms with Crippen molar-refractivity contribution in [2.24, 2.45) is 0 Å². The fraction of sp³-hybridized carbons (Fsp3) is 0.400. The van der Waals surface area contributed by atoms with Crippen LogP contribution in [0.15, 0.2) is 42.7 Å². The normalized spacial score (nSPS) is 10.6. The molecule has 0 spiro atoms. The third kappa shape index (κ3) is 4.41. The Morgan fingerprint density at radius 3 is 2.89 bits per heavy atom. The molecule has 4 nitrogen and oxygen atoms in total. The van der Waals surface area contributed by atoms with Gasteiger partial charge in [-0.1, -0.05) is 30.3 Å². The van der Waals surface area contributed by atoms with E-state index in [9.17, 15) is 0 Å². The zero-order valence-electron chi connectivity index (χ0n) is 11.4. The molecular formula is C15H21N3O. The highest BCUT2D eigenvalue weighted by molar-refractivity contribution is 5.27. The van der Waals surface area contributed by atoms with Crippen molar-refractivity contribution in [1.82, 2.24) is 9.55 Å². The lowest BCUT2D eigenvalue weighted by atomic mass is 10.2. The van der Waals surface area contributed by atoms with Gasteiger partial charge in [-0.05, 0) is 18.9 Å². The van der Waals surface area contributed by atoms with Gasteiger partial charge >= 0.3 is 0 Å². The van der Waals surface area contributed by atoms with Crippen LogP contribution in [0.5, 0.6) is 0 Å². The lowest BCUT2D eigenvalue weighted by Gasteiger charge is -2.10. The Bertz CT molecular complexity index is 467. The number of hydrogen-bond donors (Lipinski definition) is 1. The fourth-order valence-corrected chi connectivity index (χ4v) is 1.90. The Kier molecular flexibility index (Phi) is 5.44. The SMILES string of the molecule is CCOCCCNc1nccn1Cc1ccccc1. The van der Waals surface area contributed by atoms with Gasteiger partial charge in [-0.2, -0.15) is 0 Å². The number of hydrogen-bond acceptors (Lipinski definition) is 3. The summed E-state index contributed by atoms with van der Waals surface area (Å²) in [5, 5.41) is 3.34.